The lowest BCUT2D eigenvalue weighted by atomic mass is 9.82. The van der Waals surface area contributed by atoms with Crippen LogP contribution in [-0.4, -0.2) is 37.7 Å². The average Bonchev–Trinajstić information content (AvgIpc) is 2.64. The van der Waals surface area contributed by atoms with Gasteiger partial charge in [0.25, 0.3) is 0 Å². The van der Waals surface area contributed by atoms with Gasteiger partial charge in [0.2, 0.25) is 0 Å². The van der Waals surface area contributed by atoms with Crippen LogP contribution in [0.15, 0.2) is 22.7 Å². The summed E-state index contributed by atoms with van der Waals surface area (Å²) in [6, 6.07) is 0. The second-order valence-corrected chi connectivity index (χ2v) is 8.11. The summed E-state index contributed by atoms with van der Waals surface area (Å²) in [5.74, 6) is -5.55. The number of hydrogen-bond acceptors (Lipinski definition) is 3. The predicted molar refractivity (Wildman–Crippen MR) is 86.1 cm³/mol. The first-order valence-electron chi connectivity index (χ1n) is 5.81. The number of fused-ring (bicyclic) bond motifs is 2. The van der Waals surface area contributed by atoms with Crippen LogP contribution in [0, 0.1) is 11.8 Å². The molecule has 22 heavy (non-hydrogen) atoms. The number of allylic oxidation sites excluding steroid dienone is 2. The molecular weight excluding hydrogens is 421 g/mol. The maximum Gasteiger partial charge on any atom is 0.312 e. The molecule has 0 unspecified atom stereocenters. The molecule has 122 valence electrons. The van der Waals surface area contributed by atoms with Crippen LogP contribution >= 0.6 is 69.6 Å². The molecule has 0 aliphatic heterocycles. The summed E-state index contributed by atoms with van der Waals surface area (Å²) in [6.07, 6.45) is 1.30. The van der Waals surface area contributed by atoms with Crippen molar-refractivity contribution in [2.45, 2.75) is 14.1 Å². The van der Waals surface area contributed by atoms with Gasteiger partial charge in [-0.15, -0.1) is 23.2 Å². The molecule has 0 amide bonds. The van der Waals surface area contributed by atoms with E-state index in [4.69, 9.17) is 74.3 Å². The smallest absolute Gasteiger partial charge is 0.312 e. The van der Waals surface area contributed by atoms with Crippen molar-refractivity contribution in [2.75, 3.05) is 6.61 Å². The molecule has 2 aliphatic carbocycles. The lowest BCUT2D eigenvalue weighted by Gasteiger charge is -2.32. The Morgan fingerprint density at radius 3 is 2.00 bits per heavy atom. The van der Waals surface area contributed by atoms with Crippen LogP contribution in [0.2, 0.25) is 0 Å². The molecule has 10 heteroatoms. The van der Waals surface area contributed by atoms with Crippen molar-refractivity contribution in [1.82, 2.24) is 0 Å². The highest BCUT2D eigenvalue weighted by atomic mass is 35.5. The first kappa shape index (κ1) is 18.5. The van der Waals surface area contributed by atoms with Gasteiger partial charge in [-0.2, -0.15) is 0 Å². The Balaban J connectivity index is 2.67. The van der Waals surface area contributed by atoms with Crippen LogP contribution in [0.1, 0.15) is 0 Å². The molecule has 0 saturated heterocycles. The van der Waals surface area contributed by atoms with E-state index in [0.29, 0.717) is 0 Å². The fourth-order valence-electron chi connectivity index (χ4n) is 2.82. The quantitative estimate of drug-likeness (QED) is 0.419. The number of esters is 1. The minimum Gasteiger partial charge on any atom is -0.481 e. The van der Waals surface area contributed by atoms with E-state index in [1.807, 2.05) is 0 Å². The van der Waals surface area contributed by atoms with E-state index in [9.17, 15) is 14.7 Å². The minimum absolute atomic E-state index is 0.156. The lowest BCUT2D eigenvalue weighted by Crippen LogP contribution is -2.46. The molecule has 1 fully saturated rings. The minimum atomic E-state index is -2.13. The maximum absolute atomic E-state index is 12.3. The van der Waals surface area contributed by atoms with E-state index in [1.165, 1.54) is 6.08 Å². The van der Waals surface area contributed by atoms with Crippen LogP contribution in [0.25, 0.3) is 0 Å². The first-order valence-corrected chi connectivity index (χ1v) is 8.08. The van der Waals surface area contributed by atoms with Gasteiger partial charge in [-0.1, -0.05) is 59.1 Å². The van der Waals surface area contributed by atoms with Gasteiger partial charge < -0.3 is 9.84 Å². The number of alkyl halides is 4. The highest BCUT2D eigenvalue weighted by molar-refractivity contribution is 6.66. The summed E-state index contributed by atoms with van der Waals surface area (Å²) in [5.41, 5.74) is 0. The van der Waals surface area contributed by atoms with Crippen LogP contribution in [0.4, 0.5) is 0 Å². The number of halogens is 6. The Morgan fingerprint density at radius 1 is 1.14 bits per heavy atom. The molecule has 0 radical (unpaired) electrons. The number of aliphatic carboxylic acids is 1. The summed E-state index contributed by atoms with van der Waals surface area (Å²) in [7, 11) is 0. The van der Waals surface area contributed by atoms with Gasteiger partial charge in [-0.05, 0) is 0 Å². The van der Waals surface area contributed by atoms with E-state index >= 15 is 0 Å². The number of ether oxygens (including phenoxy) is 1. The van der Waals surface area contributed by atoms with Gasteiger partial charge in [0.05, 0.1) is 21.9 Å². The molecule has 4 atom stereocenters. The number of carbonyl (C=O) groups is 2. The number of rotatable bonds is 4. The summed E-state index contributed by atoms with van der Waals surface area (Å²) in [6.45, 7) is 3.23. The van der Waals surface area contributed by atoms with E-state index in [0.717, 1.165) is 0 Å². The molecule has 0 aromatic heterocycles. The fraction of sp³-hybridized carbons (Fsp3) is 0.500. The number of hydrogen-bond donors (Lipinski definition) is 1. The summed E-state index contributed by atoms with van der Waals surface area (Å²) in [5, 5.41) is 8.92. The molecule has 2 rings (SSSR count). The van der Waals surface area contributed by atoms with Crippen LogP contribution in [-0.2, 0) is 14.3 Å². The third kappa shape index (κ3) is 1.92. The third-order valence-corrected chi connectivity index (χ3v) is 8.06. The van der Waals surface area contributed by atoms with Crippen molar-refractivity contribution < 1.29 is 19.4 Å². The van der Waals surface area contributed by atoms with Gasteiger partial charge in [0, 0.05) is 0 Å². The largest absolute Gasteiger partial charge is 0.481 e. The van der Waals surface area contributed by atoms with Crippen LogP contribution < -0.4 is 0 Å². The fourth-order valence-corrected chi connectivity index (χ4v) is 5.75. The molecule has 2 bridgehead atoms. The average molecular weight is 429 g/mol. The van der Waals surface area contributed by atoms with Crippen LogP contribution in [0.3, 0.4) is 0 Å². The van der Waals surface area contributed by atoms with Crippen LogP contribution in [0.5, 0.6) is 0 Å². The Kier molecular flexibility index (Phi) is 4.72. The van der Waals surface area contributed by atoms with Gasteiger partial charge in [0.1, 0.15) is 16.4 Å². The van der Waals surface area contributed by atoms with Crippen molar-refractivity contribution in [3.63, 3.8) is 0 Å². The van der Waals surface area contributed by atoms with Crippen molar-refractivity contribution >= 4 is 81.5 Å². The highest BCUT2D eigenvalue weighted by Crippen LogP contribution is 2.76. The van der Waals surface area contributed by atoms with E-state index in [-0.39, 0.29) is 16.7 Å². The zero-order valence-corrected chi connectivity index (χ0v) is 15.1. The Bertz CT molecular complexity index is 602. The molecule has 0 heterocycles. The molecule has 4 nitrogen and oxygen atoms in total. The molecule has 2 aliphatic rings. The van der Waals surface area contributed by atoms with Gasteiger partial charge >= 0.3 is 11.9 Å². The number of carboxylic acid groups (broad SMARTS) is 1. The van der Waals surface area contributed by atoms with Gasteiger partial charge in [-0.3, -0.25) is 9.59 Å². The summed E-state index contributed by atoms with van der Waals surface area (Å²) >= 11 is 37.2. The summed E-state index contributed by atoms with van der Waals surface area (Å²) in [4.78, 5) is 19.9. The zero-order valence-electron chi connectivity index (χ0n) is 10.6. The monoisotopic (exact) mass is 426 g/mol. The van der Waals surface area contributed by atoms with Gasteiger partial charge in [0.15, 0.2) is 4.33 Å². The zero-order chi connectivity index (χ0) is 17.1. The molecule has 1 saturated carbocycles. The third-order valence-electron chi connectivity index (χ3n) is 3.80. The predicted octanol–water partition coefficient (Wildman–Crippen LogP) is 3.88. The van der Waals surface area contributed by atoms with E-state index in [1.54, 1.807) is 0 Å². The lowest BCUT2D eigenvalue weighted by molar-refractivity contribution is -0.156. The standard InChI is InChI=1S/C12H8Cl6O4/c1-2-3-22-9(21)5-4(8(19)20)10(15)6(13)7(14)11(5,16)12(10,17)18/h2,4-5H,1,3H2,(H,19,20)/t4-,5+,10+,11+/m1/s1. The SMILES string of the molecule is C=CCOC(=O)[C@@H]1[C@H](C(=O)O)[C@]2(Cl)C(Cl)=C(Cl)[C@]1(Cl)C2(Cl)Cl. The Morgan fingerprint density at radius 2 is 1.59 bits per heavy atom. The second kappa shape index (κ2) is 5.61. The first-order chi connectivity index (χ1) is 9.99. The molecule has 1 N–H and O–H groups in total. The number of carboxylic acids is 1. The summed E-state index contributed by atoms with van der Waals surface area (Å²) < 4.78 is 2.76. The van der Waals surface area contributed by atoms with Crippen molar-refractivity contribution in [3.05, 3.63) is 22.7 Å². The molecule has 0 aromatic carbocycles. The van der Waals surface area contributed by atoms with Gasteiger partial charge in [-0.25, -0.2) is 0 Å². The normalized spacial score (nSPS) is 39.0. The number of carbonyl (C=O) groups excluding carboxylic acids is 1. The highest BCUT2D eigenvalue weighted by Gasteiger charge is 2.85. The van der Waals surface area contributed by atoms with Crippen molar-refractivity contribution in [3.8, 4) is 0 Å². The molecule has 0 aromatic rings. The topological polar surface area (TPSA) is 63.6 Å². The second-order valence-electron chi connectivity index (χ2n) is 4.84. The maximum atomic E-state index is 12.3. The van der Waals surface area contributed by atoms with Crippen molar-refractivity contribution in [2.24, 2.45) is 11.8 Å². The molecular formula is C12H8Cl6O4. The Labute approximate surface area is 155 Å². The van der Waals surface area contributed by atoms with E-state index < -0.39 is 37.9 Å². The van der Waals surface area contributed by atoms with Crippen molar-refractivity contribution in [1.29, 1.82) is 0 Å². The molecule has 0 spiro atoms. The Hall–Kier alpha value is 0.160. The van der Waals surface area contributed by atoms with E-state index in [2.05, 4.69) is 6.58 Å².